The van der Waals surface area contributed by atoms with Crippen LogP contribution in [0.4, 0.5) is 0 Å². The van der Waals surface area contributed by atoms with E-state index in [-0.39, 0.29) is 18.2 Å². The second kappa shape index (κ2) is 9.93. The van der Waals surface area contributed by atoms with Gasteiger partial charge in [-0.2, -0.15) is 0 Å². The van der Waals surface area contributed by atoms with Gasteiger partial charge in [0.05, 0.1) is 6.42 Å². The molecule has 0 aliphatic carbocycles. The fraction of sp³-hybridized carbons (Fsp3) is 0.400. The Morgan fingerprint density at radius 1 is 1.12 bits per heavy atom. The van der Waals surface area contributed by atoms with Crippen LogP contribution in [0.25, 0.3) is 0 Å². The first-order chi connectivity index (χ1) is 16.2. The number of halogens is 1. The van der Waals surface area contributed by atoms with E-state index in [1.54, 1.807) is 9.80 Å². The van der Waals surface area contributed by atoms with Crippen molar-refractivity contribution < 1.29 is 9.59 Å². The van der Waals surface area contributed by atoms with Gasteiger partial charge in [-0.15, -0.1) is 5.10 Å². The molecule has 1 unspecified atom stereocenters. The predicted molar refractivity (Wildman–Crippen MR) is 129 cm³/mol. The summed E-state index contributed by atoms with van der Waals surface area (Å²) in [5.41, 5.74) is 3.31. The van der Waals surface area contributed by atoms with Gasteiger partial charge in [-0.25, -0.2) is 5.10 Å². The lowest BCUT2D eigenvalue weighted by Gasteiger charge is -2.51. The van der Waals surface area contributed by atoms with Crippen LogP contribution in [-0.2, 0) is 29.0 Å². The van der Waals surface area contributed by atoms with Crippen molar-refractivity contribution in [1.82, 2.24) is 30.4 Å². The minimum atomic E-state index is -0.873. The number of rotatable bonds is 8. The van der Waals surface area contributed by atoms with Gasteiger partial charge in [-0.05, 0) is 60.9 Å². The third-order valence-electron chi connectivity index (χ3n) is 6.40. The van der Waals surface area contributed by atoms with Gasteiger partial charge in [-0.3, -0.25) is 9.59 Å². The summed E-state index contributed by atoms with van der Waals surface area (Å²) in [6.07, 6.45) is 1.40. The van der Waals surface area contributed by atoms with E-state index in [0.717, 1.165) is 22.3 Å². The van der Waals surface area contributed by atoms with E-state index < -0.39 is 5.54 Å². The van der Waals surface area contributed by atoms with E-state index in [1.807, 2.05) is 57.2 Å². The predicted octanol–water partition coefficient (Wildman–Crippen LogP) is 3.27. The summed E-state index contributed by atoms with van der Waals surface area (Å²) >= 11 is 6.03. The maximum Gasteiger partial charge on any atom is 0.248 e. The van der Waals surface area contributed by atoms with Gasteiger partial charge in [0, 0.05) is 31.1 Å². The normalized spacial score (nSPS) is 17.4. The molecule has 0 spiro atoms. The summed E-state index contributed by atoms with van der Waals surface area (Å²) in [4.78, 5) is 30.5. The molecule has 1 saturated heterocycles. The fourth-order valence-electron chi connectivity index (χ4n) is 4.55. The number of hydrogen-bond acceptors (Lipinski definition) is 5. The number of likely N-dealkylation sites (tertiary alicyclic amines) is 1. The highest BCUT2D eigenvalue weighted by molar-refractivity contribution is 6.30. The SMILES string of the molecule is Cc1cc(C)cc(CC(=O)N2CCC2(C)C(=O)N(CCc2nnn[nH]2)Cc2ccc(Cl)cc2)c1. The lowest BCUT2D eigenvalue weighted by molar-refractivity contribution is -0.164. The van der Waals surface area contributed by atoms with Gasteiger partial charge in [0.15, 0.2) is 0 Å². The summed E-state index contributed by atoms with van der Waals surface area (Å²) in [6, 6.07) is 13.6. The van der Waals surface area contributed by atoms with Crippen molar-refractivity contribution in [1.29, 1.82) is 0 Å². The number of carbonyl (C=O) groups is 2. The Kier molecular flexibility index (Phi) is 6.97. The van der Waals surface area contributed by atoms with Gasteiger partial charge >= 0.3 is 0 Å². The van der Waals surface area contributed by atoms with Gasteiger partial charge in [-0.1, -0.05) is 53.1 Å². The van der Waals surface area contributed by atoms with Crippen LogP contribution in [0.5, 0.6) is 0 Å². The van der Waals surface area contributed by atoms with Crippen LogP contribution in [0.15, 0.2) is 42.5 Å². The molecule has 1 atom stereocenters. The molecule has 1 aliphatic heterocycles. The van der Waals surface area contributed by atoms with Crippen LogP contribution >= 0.6 is 11.6 Å². The third-order valence-corrected chi connectivity index (χ3v) is 6.65. The maximum atomic E-state index is 13.8. The Bertz CT molecular complexity index is 1140. The first-order valence-electron chi connectivity index (χ1n) is 11.4. The molecule has 3 aromatic rings. The molecule has 0 bridgehead atoms. The summed E-state index contributed by atoms with van der Waals surface area (Å²) in [7, 11) is 0. The zero-order valence-corrected chi connectivity index (χ0v) is 20.5. The number of H-pyrrole nitrogens is 1. The van der Waals surface area contributed by atoms with Gasteiger partial charge in [0.2, 0.25) is 11.8 Å². The number of aromatic nitrogens is 4. The second-order valence-corrected chi connectivity index (χ2v) is 9.63. The molecule has 1 N–H and O–H groups in total. The van der Waals surface area contributed by atoms with E-state index in [1.165, 1.54) is 0 Å². The fourth-order valence-corrected chi connectivity index (χ4v) is 4.68. The number of hydrogen-bond donors (Lipinski definition) is 1. The molecule has 0 saturated carbocycles. The molecule has 2 amide bonds. The zero-order valence-electron chi connectivity index (χ0n) is 19.7. The van der Waals surface area contributed by atoms with Gasteiger partial charge < -0.3 is 9.80 Å². The number of aromatic amines is 1. The van der Waals surface area contributed by atoms with Crippen LogP contribution in [0.2, 0.25) is 5.02 Å². The molecular formula is C25H29ClN6O2. The van der Waals surface area contributed by atoms with Crippen molar-refractivity contribution in [3.63, 3.8) is 0 Å². The number of amides is 2. The van der Waals surface area contributed by atoms with Crippen LogP contribution < -0.4 is 0 Å². The second-order valence-electron chi connectivity index (χ2n) is 9.19. The van der Waals surface area contributed by atoms with E-state index in [4.69, 9.17) is 11.6 Å². The first kappa shape index (κ1) is 23.9. The minimum Gasteiger partial charge on any atom is -0.336 e. The Hall–Kier alpha value is -3.26. The molecule has 4 rings (SSSR count). The average molecular weight is 481 g/mol. The van der Waals surface area contributed by atoms with Crippen molar-refractivity contribution >= 4 is 23.4 Å². The molecule has 0 radical (unpaired) electrons. The van der Waals surface area contributed by atoms with Crippen LogP contribution in [0.1, 0.15) is 41.4 Å². The zero-order chi connectivity index (χ0) is 24.3. The van der Waals surface area contributed by atoms with Crippen LogP contribution in [-0.4, -0.2) is 60.9 Å². The molecule has 34 heavy (non-hydrogen) atoms. The van der Waals surface area contributed by atoms with Gasteiger partial charge in [0.1, 0.15) is 11.4 Å². The molecule has 178 valence electrons. The summed E-state index contributed by atoms with van der Waals surface area (Å²) < 4.78 is 0. The van der Waals surface area contributed by atoms with Crippen LogP contribution in [0.3, 0.4) is 0 Å². The topological polar surface area (TPSA) is 95.1 Å². The van der Waals surface area contributed by atoms with E-state index in [2.05, 4.69) is 26.7 Å². The number of tetrazole rings is 1. The number of carbonyl (C=O) groups excluding carboxylic acids is 2. The molecule has 1 aliphatic rings. The number of nitrogens with one attached hydrogen (secondary N) is 1. The lowest BCUT2D eigenvalue weighted by atomic mass is 9.84. The molecule has 9 heteroatoms. The molecule has 8 nitrogen and oxygen atoms in total. The standard InChI is InChI=1S/C25H29ClN6O2/c1-17-12-18(2)14-20(13-17)15-23(33)32-11-9-25(32,3)24(34)31(10-8-22-27-29-30-28-22)16-19-4-6-21(26)7-5-19/h4-7,12-14H,8-11,15-16H2,1-3H3,(H,27,28,29,30). The van der Waals surface area contributed by atoms with Crippen molar-refractivity contribution in [2.45, 2.75) is 52.1 Å². The summed E-state index contributed by atoms with van der Waals surface area (Å²) in [5, 5.41) is 14.5. The van der Waals surface area contributed by atoms with E-state index in [0.29, 0.717) is 43.3 Å². The lowest BCUT2D eigenvalue weighted by Crippen LogP contribution is -2.68. The maximum absolute atomic E-state index is 13.8. The van der Waals surface area contributed by atoms with Crippen LogP contribution in [0, 0.1) is 13.8 Å². The Balaban J connectivity index is 1.51. The third kappa shape index (κ3) is 5.28. The van der Waals surface area contributed by atoms with Crippen molar-refractivity contribution in [2.24, 2.45) is 0 Å². The van der Waals surface area contributed by atoms with E-state index >= 15 is 0 Å². The Labute approximate surface area is 204 Å². The Morgan fingerprint density at radius 2 is 1.82 bits per heavy atom. The van der Waals surface area contributed by atoms with Gasteiger partial charge in [0.25, 0.3) is 0 Å². The molecular weight excluding hydrogens is 452 g/mol. The smallest absolute Gasteiger partial charge is 0.248 e. The largest absolute Gasteiger partial charge is 0.336 e. The quantitative estimate of drug-likeness (QED) is 0.534. The number of nitrogens with zero attached hydrogens (tertiary/aromatic N) is 5. The van der Waals surface area contributed by atoms with E-state index in [9.17, 15) is 9.59 Å². The average Bonchev–Trinajstić information content (AvgIpc) is 3.29. The van der Waals surface area contributed by atoms with Crippen molar-refractivity contribution in [3.05, 3.63) is 75.6 Å². The number of benzene rings is 2. The molecule has 1 aromatic heterocycles. The molecule has 2 heterocycles. The molecule has 1 fully saturated rings. The minimum absolute atomic E-state index is 0.0297. The highest BCUT2D eigenvalue weighted by Gasteiger charge is 2.50. The highest BCUT2D eigenvalue weighted by atomic mass is 35.5. The highest BCUT2D eigenvalue weighted by Crippen LogP contribution is 2.34. The summed E-state index contributed by atoms with van der Waals surface area (Å²) in [5.74, 6) is 0.503. The number of aryl methyl sites for hydroxylation is 2. The molecule has 2 aromatic carbocycles. The monoisotopic (exact) mass is 480 g/mol. The van der Waals surface area contributed by atoms with Crippen molar-refractivity contribution in [3.8, 4) is 0 Å². The first-order valence-corrected chi connectivity index (χ1v) is 11.8. The summed E-state index contributed by atoms with van der Waals surface area (Å²) in [6.45, 7) is 7.32. The Morgan fingerprint density at radius 3 is 2.41 bits per heavy atom. The van der Waals surface area contributed by atoms with Crippen molar-refractivity contribution in [2.75, 3.05) is 13.1 Å².